The number of para-hydroxylation sites is 1. The van der Waals surface area contributed by atoms with Gasteiger partial charge in [0.25, 0.3) is 0 Å². The number of benzene rings is 4. The SMILES string of the molecule is COc1c2ccccc2[nH]c2c1ccc1c(OC)c3ccccc3c(=O)c12. The summed E-state index contributed by atoms with van der Waals surface area (Å²) in [4.78, 5) is 16.8. The molecule has 1 N–H and O–H groups in total. The van der Waals surface area contributed by atoms with Crippen LogP contribution in [0.15, 0.2) is 65.5 Å². The highest BCUT2D eigenvalue weighted by Gasteiger charge is 2.18. The Balaban J connectivity index is 2.12. The number of methoxy groups -OCH3 is 2. The Labute approximate surface area is 154 Å². The molecule has 0 amide bonds. The lowest BCUT2D eigenvalue weighted by Gasteiger charge is -2.15. The topological polar surface area (TPSA) is 51.3 Å². The fourth-order valence-corrected chi connectivity index (χ4v) is 4.02. The van der Waals surface area contributed by atoms with Gasteiger partial charge in [0.2, 0.25) is 0 Å². The Kier molecular flexibility index (Phi) is 3.34. The van der Waals surface area contributed by atoms with Crippen molar-refractivity contribution < 1.29 is 9.47 Å². The molecule has 5 rings (SSSR count). The summed E-state index contributed by atoms with van der Waals surface area (Å²) in [6.07, 6.45) is 0. The predicted molar refractivity (Wildman–Crippen MR) is 110 cm³/mol. The summed E-state index contributed by atoms with van der Waals surface area (Å²) in [5.41, 5.74) is 1.67. The first-order valence-electron chi connectivity index (χ1n) is 8.74. The third kappa shape index (κ3) is 2.07. The number of ether oxygens (including phenoxy) is 2. The van der Waals surface area contributed by atoms with Gasteiger partial charge in [0, 0.05) is 32.4 Å². The van der Waals surface area contributed by atoms with Gasteiger partial charge in [-0.1, -0.05) is 36.4 Å². The van der Waals surface area contributed by atoms with E-state index in [1.54, 1.807) is 14.2 Å². The highest BCUT2D eigenvalue weighted by Crippen LogP contribution is 2.39. The monoisotopic (exact) mass is 355 g/mol. The van der Waals surface area contributed by atoms with E-state index in [1.165, 1.54) is 0 Å². The highest BCUT2D eigenvalue weighted by atomic mass is 16.5. The van der Waals surface area contributed by atoms with Gasteiger partial charge in [-0.2, -0.15) is 0 Å². The minimum Gasteiger partial charge on any atom is -0.495 e. The van der Waals surface area contributed by atoms with Gasteiger partial charge in [-0.05, 0) is 24.3 Å². The molecule has 0 saturated carbocycles. The zero-order valence-electron chi connectivity index (χ0n) is 15.0. The Hall–Kier alpha value is -3.53. The fourth-order valence-electron chi connectivity index (χ4n) is 4.02. The van der Waals surface area contributed by atoms with Crippen LogP contribution in [0.25, 0.3) is 43.4 Å². The van der Waals surface area contributed by atoms with Crippen molar-refractivity contribution in [1.82, 2.24) is 4.98 Å². The molecule has 0 atom stereocenters. The van der Waals surface area contributed by atoms with Crippen molar-refractivity contribution in [3.8, 4) is 11.5 Å². The van der Waals surface area contributed by atoms with Crippen LogP contribution in [0.5, 0.6) is 11.5 Å². The van der Waals surface area contributed by atoms with Crippen LogP contribution >= 0.6 is 0 Å². The zero-order chi connectivity index (χ0) is 18.5. The summed E-state index contributed by atoms with van der Waals surface area (Å²) >= 11 is 0. The number of hydrogen-bond acceptors (Lipinski definition) is 3. The number of aromatic nitrogens is 1. The van der Waals surface area contributed by atoms with Crippen molar-refractivity contribution >= 4 is 43.4 Å². The molecule has 0 bridgehead atoms. The van der Waals surface area contributed by atoms with Crippen LogP contribution in [0, 0.1) is 0 Å². The van der Waals surface area contributed by atoms with E-state index in [1.807, 2.05) is 60.7 Å². The van der Waals surface area contributed by atoms with E-state index in [-0.39, 0.29) is 5.43 Å². The smallest absolute Gasteiger partial charge is 0.196 e. The van der Waals surface area contributed by atoms with Crippen LogP contribution in [0.4, 0.5) is 0 Å². The molecule has 4 aromatic carbocycles. The molecule has 0 fully saturated rings. The van der Waals surface area contributed by atoms with Gasteiger partial charge < -0.3 is 14.5 Å². The lowest BCUT2D eigenvalue weighted by Crippen LogP contribution is -2.06. The molecule has 0 radical (unpaired) electrons. The Morgan fingerprint density at radius 2 is 1.26 bits per heavy atom. The summed E-state index contributed by atoms with van der Waals surface area (Å²) in [5.74, 6) is 1.47. The summed E-state index contributed by atoms with van der Waals surface area (Å²) in [5, 5.41) is 4.74. The van der Waals surface area contributed by atoms with Gasteiger partial charge >= 0.3 is 0 Å². The third-order valence-electron chi connectivity index (χ3n) is 5.18. The van der Waals surface area contributed by atoms with Gasteiger partial charge in [0.15, 0.2) is 5.43 Å². The fraction of sp³-hybridized carbons (Fsp3) is 0.0870. The Morgan fingerprint density at radius 3 is 2.00 bits per heavy atom. The predicted octanol–water partition coefficient (Wildman–Crippen LogP) is 5.00. The molecule has 0 aliphatic carbocycles. The molecule has 1 aromatic heterocycles. The lowest BCUT2D eigenvalue weighted by atomic mass is 9.98. The summed E-state index contributed by atoms with van der Waals surface area (Å²) < 4.78 is 11.4. The molecule has 1 heterocycles. The minimum absolute atomic E-state index is 0.0133. The molecule has 132 valence electrons. The molecule has 5 aromatic rings. The van der Waals surface area contributed by atoms with Crippen molar-refractivity contribution in [3.05, 3.63) is 70.9 Å². The number of nitrogens with one attached hydrogen (secondary N) is 1. The van der Waals surface area contributed by atoms with E-state index >= 15 is 0 Å². The number of rotatable bonds is 2. The normalized spacial score (nSPS) is 11.5. The third-order valence-corrected chi connectivity index (χ3v) is 5.18. The van der Waals surface area contributed by atoms with E-state index in [0.717, 1.165) is 38.3 Å². The molecule has 4 nitrogen and oxygen atoms in total. The number of fused-ring (bicyclic) bond motifs is 5. The summed E-state index contributed by atoms with van der Waals surface area (Å²) in [6, 6.07) is 19.4. The van der Waals surface area contributed by atoms with Crippen LogP contribution in [0.1, 0.15) is 0 Å². The van der Waals surface area contributed by atoms with Gasteiger partial charge in [0.05, 0.1) is 25.1 Å². The van der Waals surface area contributed by atoms with Crippen molar-refractivity contribution in [2.45, 2.75) is 0 Å². The molecule has 27 heavy (non-hydrogen) atoms. The van der Waals surface area contributed by atoms with Gasteiger partial charge in [0.1, 0.15) is 11.5 Å². The molecule has 0 spiro atoms. The Bertz CT molecular complexity index is 1420. The van der Waals surface area contributed by atoms with E-state index in [2.05, 4.69) is 4.98 Å². The maximum Gasteiger partial charge on any atom is 0.196 e. The summed E-state index contributed by atoms with van der Waals surface area (Å²) in [6.45, 7) is 0. The maximum absolute atomic E-state index is 13.4. The van der Waals surface area contributed by atoms with Gasteiger partial charge in [-0.3, -0.25) is 4.79 Å². The van der Waals surface area contributed by atoms with Crippen LogP contribution in [-0.4, -0.2) is 19.2 Å². The lowest BCUT2D eigenvalue weighted by molar-refractivity contribution is 0.424. The average Bonchev–Trinajstić information content (AvgIpc) is 2.72. The molecule has 0 aliphatic rings. The van der Waals surface area contributed by atoms with Crippen LogP contribution < -0.4 is 14.9 Å². The van der Waals surface area contributed by atoms with Crippen molar-refractivity contribution in [3.63, 3.8) is 0 Å². The first-order chi connectivity index (χ1) is 13.2. The van der Waals surface area contributed by atoms with Crippen LogP contribution in [-0.2, 0) is 0 Å². The van der Waals surface area contributed by atoms with E-state index in [4.69, 9.17) is 9.47 Å². The average molecular weight is 355 g/mol. The van der Waals surface area contributed by atoms with Crippen LogP contribution in [0.2, 0.25) is 0 Å². The molecular formula is C23H17NO3. The van der Waals surface area contributed by atoms with Gasteiger partial charge in [-0.15, -0.1) is 0 Å². The molecule has 0 saturated heterocycles. The van der Waals surface area contributed by atoms with E-state index in [9.17, 15) is 4.79 Å². The largest absolute Gasteiger partial charge is 0.495 e. The second-order valence-corrected chi connectivity index (χ2v) is 6.52. The molecule has 0 aliphatic heterocycles. The van der Waals surface area contributed by atoms with Crippen molar-refractivity contribution in [2.75, 3.05) is 14.2 Å². The maximum atomic E-state index is 13.4. The molecular weight excluding hydrogens is 338 g/mol. The molecule has 0 unspecified atom stereocenters. The molecule has 4 heteroatoms. The standard InChI is InChI=1S/C23H17NO3/c1-26-22-14-8-4-3-7-13(14)21(25)19-16(22)11-12-17-20(19)24-18-10-6-5-9-15(18)23(17)27-2/h3-12,24H,1-2H3. The Morgan fingerprint density at radius 1 is 0.667 bits per heavy atom. The second kappa shape index (κ2) is 5.74. The summed E-state index contributed by atoms with van der Waals surface area (Å²) in [7, 11) is 3.30. The highest BCUT2D eigenvalue weighted by molar-refractivity contribution is 6.17. The number of H-pyrrole nitrogens is 1. The first kappa shape index (κ1) is 15.7. The minimum atomic E-state index is -0.0133. The number of aromatic amines is 1. The van der Waals surface area contributed by atoms with E-state index < -0.39 is 0 Å². The number of hydrogen-bond donors (Lipinski definition) is 1. The quantitative estimate of drug-likeness (QED) is 0.358. The van der Waals surface area contributed by atoms with E-state index in [0.29, 0.717) is 16.5 Å². The van der Waals surface area contributed by atoms with Gasteiger partial charge in [-0.25, -0.2) is 0 Å². The zero-order valence-corrected chi connectivity index (χ0v) is 15.0. The second-order valence-electron chi connectivity index (χ2n) is 6.52. The number of pyridine rings is 1. The van der Waals surface area contributed by atoms with Crippen molar-refractivity contribution in [1.29, 1.82) is 0 Å². The van der Waals surface area contributed by atoms with Crippen molar-refractivity contribution in [2.24, 2.45) is 0 Å². The first-order valence-corrected chi connectivity index (χ1v) is 8.74. The van der Waals surface area contributed by atoms with Crippen LogP contribution in [0.3, 0.4) is 0 Å².